The summed E-state index contributed by atoms with van der Waals surface area (Å²) in [5.41, 5.74) is 4.22. The first-order valence-electron chi connectivity index (χ1n) is 6.12. The molecule has 0 saturated carbocycles. The van der Waals surface area contributed by atoms with Gasteiger partial charge in [0.1, 0.15) is 11.6 Å². The summed E-state index contributed by atoms with van der Waals surface area (Å²) in [5.74, 6) is 4.27. The van der Waals surface area contributed by atoms with Crippen LogP contribution >= 0.6 is 11.6 Å². The van der Waals surface area contributed by atoms with E-state index >= 15 is 0 Å². The Balaban J connectivity index is 2.64. The number of hydrogen-bond acceptors (Lipinski definition) is 2. The molecule has 0 fully saturated rings. The molecular weight excluding hydrogens is 282 g/mol. The number of nitrogens with one attached hydrogen (secondary N) is 1. The molecule has 2 rings (SSSR count). The number of hydrazine groups is 1. The molecule has 1 unspecified atom stereocenters. The summed E-state index contributed by atoms with van der Waals surface area (Å²) < 4.78 is 28.3. The average molecular weight is 297 g/mol. The largest absolute Gasteiger partial charge is 0.271 e. The first-order chi connectivity index (χ1) is 9.45. The highest BCUT2D eigenvalue weighted by Gasteiger charge is 2.23. The highest BCUT2D eigenvalue weighted by Crippen LogP contribution is 2.31. The number of benzene rings is 2. The smallest absolute Gasteiger partial charge is 0.134 e. The first-order valence-corrected chi connectivity index (χ1v) is 6.50. The second-order valence-electron chi connectivity index (χ2n) is 4.69. The second-order valence-corrected chi connectivity index (χ2v) is 5.13. The van der Waals surface area contributed by atoms with Crippen molar-refractivity contribution in [3.63, 3.8) is 0 Å². The lowest BCUT2D eigenvalue weighted by atomic mass is 9.93. The van der Waals surface area contributed by atoms with Crippen molar-refractivity contribution in [1.29, 1.82) is 0 Å². The van der Waals surface area contributed by atoms with Crippen LogP contribution in [0.2, 0.25) is 5.02 Å². The van der Waals surface area contributed by atoms with Gasteiger partial charge in [0.05, 0.1) is 6.04 Å². The summed E-state index contributed by atoms with van der Waals surface area (Å²) in [7, 11) is 0. The molecule has 106 valence electrons. The zero-order chi connectivity index (χ0) is 14.9. The minimum Gasteiger partial charge on any atom is -0.271 e. The molecule has 3 N–H and O–H groups in total. The van der Waals surface area contributed by atoms with Crippen molar-refractivity contribution in [2.45, 2.75) is 19.9 Å². The molecule has 1 atom stereocenters. The zero-order valence-corrected chi connectivity index (χ0v) is 11.9. The minimum absolute atomic E-state index is 0.0992. The molecule has 0 amide bonds. The Hall–Kier alpha value is -1.49. The molecule has 2 nitrogen and oxygen atoms in total. The molecule has 0 aliphatic rings. The van der Waals surface area contributed by atoms with Crippen molar-refractivity contribution >= 4 is 11.6 Å². The molecular formula is C15H15ClF2N2. The first kappa shape index (κ1) is 14.9. The van der Waals surface area contributed by atoms with Crippen molar-refractivity contribution < 1.29 is 8.78 Å². The fraction of sp³-hybridized carbons (Fsp3) is 0.200. The van der Waals surface area contributed by atoms with Crippen molar-refractivity contribution in [2.75, 3.05) is 0 Å². The van der Waals surface area contributed by atoms with Crippen LogP contribution in [0.5, 0.6) is 0 Å². The summed E-state index contributed by atoms with van der Waals surface area (Å²) in [6, 6.07) is 6.99. The topological polar surface area (TPSA) is 38.0 Å². The molecule has 0 bridgehead atoms. The van der Waals surface area contributed by atoms with Gasteiger partial charge in [0.15, 0.2) is 0 Å². The van der Waals surface area contributed by atoms with Gasteiger partial charge in [-0.05, 0) is 48.7 Å². The van der Waals surface area contributed by atoms with Crippen molar-refractivity contribution in [2.24, 2.45) is 5.84 Å². The van der Waals surface area contributed by atoms with E-state index in [4.69, 9.17) is 17.4 Å². The number of rotatable bonds is 3. The summed E-state index contributed by atoms with van der Waals surface area (Å²) in [4.78, 5) is 0. The molecule has 0 aliphatic carbocycles. The SMILES string of the molecule is Cc1ccc(Cl)cc1C(NN)c1c(F)ccc(C)c1F. The van der Waals surface area contributed by atoms with Crippen LogP contribution in [-0.4, -0.2) is 0 Å². The van der Waals surface area contributed by atoms with Crippen molar-refractivity contribution in [3.05, 3.63) is 69.2 Å². The van der Waals surface area contributed by atoms with Crippen LogP contribution in [0.25, 0.3) is 0 Å². The zero-order valence-electron chi connectivity index (χ0n) is 11.2. The van der Waals surface area contributed by atoms with Gasteiger partial charge in [-0.15, -0.1) is 0 Å². The third-order valence-corrected chi connectivity index (χ3v) is 3.56. The van der Waals surface area contributed by atoms with E-state index < -0.39 is 17.7 Å². The van der Waals surface area contributed by atoms with Gasteiger partial charge in [-0.3, -0.25) is 5.84 Å². The normalized spacial score (nSPS) is 12.5. The van der Waals surface area contributed by atoms with Gasteiger partial charge in [0.25, 0.3) is 0 Å². The van der Waals surface area contributed by atoms with Gasteiger partial charge >= 0.3 is 0 Å². The monoisotopic (exact) mass is 296 g/mol. The van der Waals surface area contributed by atoms with E-state index in [0.29, 0.717) is 16.1 Å². The maximum atomic E-state index is 14.2. The highest BCUT2D eigenvalue weighted by molar-refractivity contribution is 6.30. The third kappa shape index (κ3) is 2.68. The molecule has 0 aromatic heterocycles. The molecule has 0 heterocycles. The number of hydrogen-bond donors (Lipinski definition) is 2. The predicted octanol–water partition coefficient (Wildman–Crippen LogP) is 3.79. The van der Waals surface area contributed by atoms with Crippen molar-refractivity contribution in [1.82, 2.24) is 5.43 Å². The summed E-state index contributed by atoms with van der Waals surface area (Å²) in [6.07, 6.45) is 0. The number of nitrogens with two attached hydrogens (primary N) is 1. The Morgan fingerprint density at radius 2 is 1.75 bits per heavy atom. The molecule has 20 heavy (non-hydrogen) atoms. The molecule has 0 saturated heterocycles. The van der Waals surface area contributed by atoms with Gasteiger partial charge in [0, 0.05) is 10.6 Å². The molecule has 0 spiro atoms. The Morgan fingerprint density at radius 1 is 1.10 bits per heavy atom. The lowest BCUT2D eigenvalue weighted by Gasteiger charge is -2.21. The van der Waals surface area contributed by atoms with Gasteiger partial charge < -0.3 is 0 Å². The lowest BCUT2D eigenvalue weighted by molar-refractivity contribution is 0.506. The van der Waals surface area contributed by atoms with Crippen LogP contribution in [-0.2, 0) is 0 Å². The van der Waals surface area contributed by atoms with E-state index in [1.807, 2.05) is 6.92 Å². The maximum absolute atomic E-state index is 14.2. The quantitative estimate of drug-likeness (QED) is 0.668. The van der Waals surface area contributed by atoms with E-state index in [1.54, 1.807) is 25.1 Å². The van der Waals surface area contributed by atoms with E-state index in [-0.39, 0.29) is 5.56 Å². The molecule has 2 aromatic carbocycles. The van der Waals surface area contributed by atoms with Gasteiger partial charge in [-0.1, -0.05) is 23.7 Å². The van der Waals surface area contributed by atoms with Crippen molar-refractivity contribution in [3.8, 4) is 0 Å². The third-order valence-electron chi connectivity index (χ3n) is 3.33. The van der Waals surface area contributed by atoms with Crippen LogP contribution in [0, 0.1) is 25.5 Å². The number of halogens is 3. The summed E-state index contributed by atoms with van der Waals surface area (Å²) >= 11 is 5.96. The van der Waals surface area contributed by atoms with Gasteiger partial charge in [-0.2, -0.15) is 0 Å². The standard InChI is InChI=1S/C15H15ClF2N2/c1-8-3-5-10(16)7-11(8)15(20-19)13-12(17)6-4-9(2)14(13)18/h3-7,15,20H,19H2,1-2H3. The Labute approximate surface area is 121 Å². The fourth-order valence-electron chi connectivity index (χ4n) is 2.19. The highest BCUT2D eigenvalue weighted by atomic mass is 35.5. The predicted molar refractivity (Wildman–Crippen MR) is 76.5 cm³/mol. The second kappa shape index (κ2) is 5.87. The summed E-state index contributed by atoms with van der Waals surface area (Å²) in [5, 5.41) is 0.485. The van der Waals surface area contributed by atoms with Crippen LogP contribution in [0.3, 0.4) is 0 Å². The van der Waals surface area contributed by atoms with Crippen LogP contribution in [0.4, 0.5) is 8.78 Å². The van der Waals surface area contributed by atoms with E-state index in [2.05, 4.69) is 5.43 Å². The number of aryl methyl sites for hydroxylation is 2. The van der Waals surface area contributed by atoms with E-state index in [1.165, 1.54) is 12.1 Å². The van der Waals surface area contributed by atoms with Crippen LogP contribution in [0.1, 0.15) is 28.3 Å². The minimum atomic E-state index is -0.798. The fourth-order valence-corrected chi connectivity index (χ4v) is 2.37. The lowest BCUT2D eigenvalue weighted by Crippen LogP contribution is -2.31. The molecule has 5 heteroatoms. The van der Waals surface area contributed by atoms with Crippen LogP contribution < -0.4 is 11.3 Å². The summed E-state index contributed by atoms with van der Waals surface area (Å²) in [6.45, 7) is 3.41. The van der Waals surface area contributed by atoms with Crippen LogP contribution in [0.15, 0.2) is 30.3 Å². The molecule has 0 aliphatic heterocycles. The Morgan fingerprint density at radius 3 is 2.40 bits per heavy atom. The van der Waals surface area contributed by atoms with E-state index in [9.17, 15) is 8.78 Å². The van der Waals surface area contributed by atoms with Gasteiger partial charge in [-0.25, -0.2) is 14.2 Å². The molecule has 2 aromatic rings. The maximum Gasteiger partial charge on any atom is 0.134 e. The average Bonchev–Trinajstić information content (AvgIpc) is 2.42. The Kier molecular flexibility index (Phi) is 4.38. The molecule has 0 radical (unpaired) electrons. The van der Waals surface area contributed by atoms with E-state index in [0.717, 1.165) is 5.56 Å². The van der Waals surface area contributed by atoms with Gasteiger partial charge in [0.2, 0.25) is 0 Å². The Bertz CT molecular complexity index is 644.